The van der Waals surface area contributed by atoms with E-state index in [1.807, 2.05) is 14.0 Å². The molecule has 0 radical (unpaired) electrons. The van der Waals surface area contributed by atoms with Gasteiger partial charge in [0, 0.05) is 32.7 Å². The molecule has 0 saturated carbocycles. The molecule has 0 aliphatic carbocycles. The zero-order valence-electron chi connectivity index (χ0n) is 16.0. The Morgan fingerprint density at radius 2 is 1.93 bits per heavy atom. The summed E-state index contributed by atoms with van der Waals surface area (Å²) in [4.78, 5) is 26.6. The van der Waals surface area contributed by atoms with Gasteiger partial charge in [-0.2, -0.15) is 18.3 Å². The molecule has 0 N–H and O–H groups in total. The third kappa shape index (κ3) is 3.81. The minimum absolute atomic E-state index is 0.176. The van der Waals surface area contributed by atoms with Crippen molar-refractivity contribution in [1.82, 2.24) is 29.3 Å². The molecule has 8 nitrogen and oxygen atoms in total. The number of alkyl halides is 3. The molecular formula is C18H20F3N7O. The molecule has 1 aliphatic rings. The van der Waals surface area contributed by atoms with Gasteiger partial charge in [0.05, 0.1) is 17.9 Å². The number of fused-ring (bicyclic) bond motifs is 1. The lowest BCUT2D eigenvalue weighted by Crippen LogP contribution is -2.37. The summed E-state index contributed by atoms with van der Waals surface area (Å²) in [7, 11) is 1.83. The second-order valence-electron chi connectivity index (χ2n) is 7.29. The van der Waals surface area contributed by atoms with Crippen LogP contribution in [0.2, 0.25) is 0 Å². The van der Waals surface area contributed by atoms with Crippen molar-refractivity contribution in [2.45, 2.75) is 32.5 Å². The number of rotatable bonds is 3. The Kier molecular flexibility index (Phi) is 4.75. The highest BCUT2D eigenvalue weighted by atomic mass is 19.4. The molecular weight excluding hydrogens is 387 g/mol. The highest BCUT2D eigenvalue weighted by Crippen LogP contribution is 2.29. The quantitative estimate of drug-likeness (QED) is 0.662. The van der Waals surface area contributed by atoms with Crippen LogP contribution in [0.5, 0.6) is 0 Å². The lowest BCUT2D eigenvalue weighted by molar-refractivity contribution is -0.141. The van der Waals surface area contributed by atoms with Gasteiger partial charge in [-0.3, -0.25) is 14.0 Å². The van der Waals surface area contributed by atoms with Crippen molar-refractivity contribution >= 4 is 16.9 Å². The fourth-order valence-electron chi connectivity index (χ4n) is 3.68. The summed E-state index contributed by atoms with van der Waals surface area (Å²) in [6, 6.07) is 0.554. The maximum Gasteiger partial charge on any atom is 0.433 e. The van der Waals surface area contributed by atoms with E-state index in [4.69, 9.17) is 0 Å². The average molecular weight is 407 g/mol. The van der Waals surface area contributed by atoms with E-state index in [0.29, 0.717) is 18.4 Å². The Morgan fingerprint density at radius 3 is 2.59 bits per heavy atom. The minimum atomic E-state index is -4.61. The minimum Gasteiger partial charge on any atom is -0.356 e. The van der Waals surface area contributed by atoms with Crippen LogP contribution in [0.25, 0.3) is 11.0 Å². The van der Waals surface area contributed by atoms with E-state index < -0.39 is 17.4 Å². The zero-order valence-corrected chi connectivity index (χ0v) is 16.0. The Morgan fingerprint density at radius 1 is 1.21 bits per heavy atom. The summed E-state index contributed by atoms with van der Waals surface area (Å²) < 4.78 is 41.0. The summed E-state index contributed by atoms with van der Waals surface area (Å²) in [5, 5.41) is 5.15. The zero-order chi connectivity index (χ0) is 20.8. The van der Waals surface area contributed by atoms with Crippen LogP contribution in [-0.4, -0.2) is 42.4 Å². The first kappa shape index (κ1) is 19.3. The maximum absolute atomic E-state index is 12.7. The van der Waals surface area contributed by atoms with Crippen LogP contribution in [-0.2, 0) is 19.8 Å². The Balaban J connectivity index is 1.46. The normalized spacial score (nSPS) is 16.0. The van der Waals surface area contributed by atoms with E-state index in [-0.39, 0.29) is 5.92 Å². The lowest BCUT2D eigenvalue weighted by atomic mass is 9.96. The molecule has 3 aromatic rings. The van der Waals surface area contributed by atoms with Gasteiger partial charge < -0.3 is 4.90 Å². The largest absolute Gasteiger partial charge is 0.433 e. The second-order valence-corrected chi connectivity index (χ2v) is 7.29. The molecule has 4 heterocycles. The van der Waals surface area contributed by atoms with E-state index >= 15 is 0 Å². The van der Waals surface area contributed by atoms with Gasteiger partial charge in [0.1, 0.15) is 11.6 Å². The molecule has 1 fully saturated rings. The molecule has 1 aliphatic heterocycles. The maximum atomic E-state index is 12.7. The molecule has 0 unspecified atom stereocenters. The van der Waals surface area contributed by atoms with Crippen molar-refractivity contribution in [3.8, 4) is 0 Å². The van der Waals surface area contributed by atoms with Crippen LogP contribution in [0.1, 0.15) is 24.4 Å². The monoisotopic (exact) mass is 407 g/mol. The van der Waals surface area contributed by atoms with Crippen LogP contribution in [0.4, 0.5) is 19.0 Å². The van der Waals surface area contributed by atoms with Crippen molar-refractivity contribution in [3.05, 3.63) is 40.5 Å². The van der Waals surface area contributed by atoms with Crippen molar-refractivity contribution in [2.75, 3.05) is 18.0 Å². The Labute approximate surface area is 164 Å². The van der Waals surface area contributed by atoms with Gasteiger partial charge in [0.15, 0.2) is 11.3 Å². The van der Waals surface area contributed by atoms with Gasteiger partial charge in [-0.25, -0.2) is 15.0 Å². The van der Waals surface area contributed by atoms with Crippen LogP contribution >= 0.6 is 0 Å². The van der Waals surface area contributed by atoms with Crippen LogP contribution in [0.15, 0.2) is 23.4 Å². The fourth-order valence-corrected chi connectivity index (χ4v) is 3.68. The number of hydrogen-bond acceptors (Lipinski definition) is 6. The number of aryl methyl sites for hydroxylation is 2. The molecule has 3 aromatic heterocycles. The van der Waals surface area contributed by atoms with Gasteiger partial charge in [-0.15, -0.1) is 0 Å². The van der Waals surface area contributed by atoms with Crippen molar-refractivity contribution in [2.24, 2.45) is 13.0 Å². The predicted octanol–water partition coefficient (Wildman–Crippen LogP) is 2.16. The van der Waals surface area contributed by atoms with E-state index in [9.17, 15) is 18.0 Å². The molecule has 11 heteroatoms. The van der Waals surface area contributed by atoms with Gasteiger partial charge in [-0.1, -0.05) is 0 Å². The molecule has 4 rings (SSSR count). The summed E-state index contributed by atoms with van der Waals surface area (Å²) in [5.41, 5.74) is -1.07. The number of aromatic nitrogens is 6. The molecule has 1 saturated heterocycles. The van der Waals surface area contributed by atoms with Crippen molar-refractivity contribution in [3.63, 3.8) is 0 Å². The number of hydrogen-bond donors (Lipinski definition) is 0. The van der Waals surface area contributed by atoms with Crippen LogP contribution in [0.3, 0.4) is 0 Å². The molecule has 0 aromatic carbocycles. The van der Waals surface area contributed by atoms with Gasteiger partial charge in [0.2, 0.25) is 0 Å². The fraction of sp³-hybridized carbons (Fsp3) is 0.500. The van der Waals surface area contributed by atoms with Crippen LogP contribution in [0, 0.1) is 12.8 Å². The van der Waals surface area contributed by atoms with E-state index in [2.05, 4.69) is 25.0 Å². The number of anilines is 1. The average Bonchev–Trinajstić information content (AvgIpc) is 3.03. The predicted molar refractivity (Wildman–Crippen MR) is 99.5 cm³/mol. The molecule has 154 valence electrons. The third-order valence-electron chi connectivity index (χ3n) is 5.22. The topological polar surface area (TPSA) is 81.7 Å². The second kappa shape index (κ2) is 7.12. The highest BCUT2D eigenvalue weighted by Gasteiger charge is 2.33. The SMILES string of the molecule is Cc1nc(N2CCC(Cn3cnc(C(F)(F)F)cc3=O)CC2)c2cnn(C)c2n1. The highest BCUT2D eigenvalue weighted by molar-refractivity contribution is 5.87. The van der Waals surface area contributed by atoms with Gasteiger partial charge in [-0.05, 0) is 25.7 Å². The third-order valence-corrected chi connectivity index (χ3v) is 5.22. The smallest absolute Gasteiger partial charge is 0.356 e. The lowest BCUT2D eigenvalue weighted by Gasteiger charge is -2.33. The van der Waals surface area contributed by atoms with E-state index in [1.54, 1.807) is 10.9 Å². The molecule has 0 amide bonds. The van der Waals surface area contributed by atoms with Crippen LogP contribution < -0.4 is 10.5 Å². The Hall–Kier alpha value is -2.98. The first-order chi connectivity index (χ1) is 13.7. The summed E-state index contributed by atoms with van der Waals surface area (Å²) in [6.07, 6.45) is -0.290. The standard InChI is InChI=1S/C18H20F3N7O/c1-11-24-16-13(8-23-26(16)2)17(25-11)27-5-3-12(4-6-27)9-28-10-22-14(7-15(28)29)18(19,20)21/h7-8,10,12H,3-6,9H2,1-2H3. The Bertz CT molecular complexity index is 1100. The number of nitrogens with zero attached hydrogens (tertiary/aromatic N) is 7. The number of halogens is 3. The first-order valence-electron chi connectivity index (χ1n) is 9.27. The van der Waals surface area contributed by atoms with Crippen molar-refractivity contribution in [1.29, 1.82) is 0 Å². The van der Waals surface area contributed by atoms with Gasteiger partial charge in [0.25, 0.3) is 5.56 Å². The summed E-state index contributed by atoms with van der Waals surface area (Å²) >= 11 is 0. The molecule has 0 bridgehead atoms. The van der Waals surface area contributed by atoms with E-state index in [0.717, 1.165) is 49.1 Å². The van der Waals surface area contributed by atoms with Crippen molar-refractivity contribution < 1.29 is 13.2 Å². The number of piperidine rings is 1. The molecule has 0 spiro atoms. The van der Waals surface area contributed by atoms with E-state index in [1.165, 1.54) is 4.57 Å². The summed E-state index contributed by atoms with van der Waals surface area (Å²) in [6.45, 7) is 3.65. The summed E-state index contributed by atoms with van der Waals surface area (Å²) in [5.74, 6) is 1.68. The van der Waals surface area contributed by atoms with Gasteiger partial charge >= 0.3 is 6.18 Å². The molecule has 0 atom stereocenters. The first-order valence-corrected chi connectivity index (χ1v) is 9.27. The molecule has 29 heavy (non-hydrogen) atoms.